The Hall–Kier alpha value is -2.37. The first-order valence-electron chi connectivity index (χ1n) is 12.0. The van der Waals surface area contributed by atoms with Gasteiger partial charge in [-0.2, -0.15) is 0 Å². The third kappa shape index (κ3) is 6.11. The number of ether oxygens (including phenoxy) is 1. The molecule has 0 saturated heterocycles. The van der Waals surface area contributed by atoms with Crippen LogP contribution in [0.5, 0.6) is 0 Å². The molecular weight excluding hydrogens is 398 g/mol. The number of para-hydroxylation sites is 1. The largest absolute Gasteiger partial charge is 0.455 e. The molecule has 2 aromatic carbocycles. The highest BCUT2D eigenvalue weighted by Gasteiger charge is 2.37. The third-order valence-electron chi connectivity index (χ3n) is 6.50. The molecule has 0 bridgehead atoms. The van der Waals surface area contributed by atoms with Crippen molar-refractivity contribution in [3.05, 3.63) is 65.2 Å². The van der Waals surface area contributed by atoms with Crippen molar-refractivity contribution in [1.82, 2.24) is 10.2 Å². The van der Waals surface area contributed by atoms with E-state index >= 15 is 0 Å². The molecule has 0 fully saturated rings. The molecule has 2 aromatic rings. The minimum absolute atomic E-state index is 0.000303. The zero-order valence-corrected chi connectivity index (χ0v) is 20.2. The van der Waals surface area contributed by atoms with Crippen molar-refractivity contribution in [2.24, 2.45) is 0 Å². The number of esters is 1. The van der Waals surface area contributed by atoms with Gasteiger partial charge in [-0.05, 0) is 77.0 Å². The van der Waals surface area contributed by atoms with Crippen LogP contribution in [0.25, 0.3) is 0 Å². The summed E-state index contributed by atoms with van der Waals surface area (Å²) in [7, 11) is 0. The maximum absolute atomic E-state index is 12.9. The highest BCUT2D eigenvalue weighted by molar-refractivity contribution is 5.89. The van der Waals surface area contributed by atoms with E-state index in [2.05, 4.69) is 61.4 Å². The summed E-state index contributed by atoms with van der Waals surface area (Å²) in [5.41, 5.74) is 3.98. The summed E-state index contributed by atoms with van der Waals surface area (Å²) in [4.78, 5) is 15.4. The lowest BCUT2D eigenvalue weighted by molar-refractivity contribution is 0.0128. The normalized spacial score (nSPS) is 21.0. The smallest absolute Gasteiger partial charge is 0.338 e. The van der Waals surface area contributed by atoms with Crippen LogP contribution < -0.4 is 10.6 Å². The number of hydrogen-bond donors (Lipinski definition) is 2. The highest BCUT2D eigenvalue weighted by atomic mass is 16.5. The van der Waals surface area contributed by atoms with Crippen LogP contribution in [0.3, 0.4) is 0 Å². The van der Waals surface area contributed by atoms with Crippen LogP contribution >= 0.6 is 0 Å². The lowest BCUT2D eigenvalue weighted by Gasteiger charge is -2.40. The molecule has 0 saturated carbocycles. The Morgan fingerprint density at radius 2 is 1.81 bits per heavy atom. The van der Waals surface area contributed by atoms with Crippen molar-refractivity contribution in [3.63, 3.8) is 0 Å². The second-order valence-corrected chi connectivity index (χ2v) is 8.97. The van der Waals surface area contributed by atoms with Gasteiger partial charge in [-0.1, -0.05) is 49.7 Å². The number of carbonyl (C=O) groups is 1. The number of nitrogens with zero attached hydrogens (tertiary/aromatic N) is 1. The minimum atomic E-state index is -0.302. The summed E-state index contributed by atoms with van der Waals surface area (Å²) in [6.07, 6.45) is 1.92. The fourth-order valence-corrected chi connectivity index (χ4v) is 4.48. The first-order chi connectivity index (χ1) is 15.4. The second-order valence-electron chi connectivity index (χ2n) is 8.97. The Labute approximate surface area is 193 Å². The molecule has 0 amide bonds. The zero-order chi connectivity index (χ0) is 23.1. The quantitative estimate of drug-likeness (QED) is 0.502. The van der Waals surface area contributed by atoms with Gasteiger partial charge < -0.3 is 20.3 Å². The van der Waals surface area contributed by atoms with Gasteiger partial charge in [0.05, 0.1) is 17.6 Å². The summed E-state index contributed by atoms with van der Waals surface area (Å²) in [5, 5.41) is 7.32. The summed E-state index contributed by atoms with van der Waals surface area (Å²) >= 11 is 0. The van der Waals surface area contributed by atoms with Gasteiger partial charge in [-0.3, -0.25) is 0 Å². The van der Waals surface area contributed by atoms with Gasteiger partial charge in [0.2, 0.25) is 0 Å². The standard InChI is InChI=1S/C27H39N3O2/c1-6-30(7-2)18-10-11-20(4)28-25-23-12-8-9-13-24(23)29-21(5)26(25)32-27(31)22-16-14-19(3)15-17-22/h8-9,12-17,20-21,25-26,28-29H,6-7,10-11,18H2,1-5H3/t20?,21-,25-,26-/m1/s1. The van der Waals surface area contributed by atoms with E-state index < -0.39 is 0 Å². The number of rotatable bonds is 10. The first kappa shape index (κ1) is 24.3. The van der Waals surface area contributed by atoms with Gasteiger partial charge in [-0.25, -0.2) is 4.79 Å². The molecule has 0 aromatic heterocycles. The van der Waals surface area contributed by atoms with Gasteiger partial charge in [0.1, 0.15) is 6.10 Å². The molecule has 0 spiro atoms. The van der Waals surface area contributed by atoms with E-state index in [1.54, 1.807) is 0 Å². The van der Waals surface area contributed by atoms with Crippen LogP contribution in [0.1, 0.15) is 68.1 Å². The number of hydrogen-bond acceptors (Lipinski definition) is 5. The van der Waals surface area contributed by atoms with Crippen molar-refractivity contribution in [2.75, 3.05) is 25.0 Å². The van der Waals surface area contributed by atoms with Crippen LogP contribution in [0, 0.1) is 6.92 Å². The van der Waals surface area contributed by atoms with Gasteiger partial charge in [0.25, 0.3) is 0 Å². The molecule has 2 N–H and O–H groups in total. The maximum atomic E-state index is 12.9. The van der Waals surface area contributed by atoms with E-state index in [1.807, 2.05) is 37.3 Å². The van der Waals surface area contributed by atoms with E-state index in [1.165, 1.54) is 0 Å². The average molecular weight is 438 g/mol. The Morgan fingerprint density at radius 3 is 2.50 bits per heavy atom. The van der Waals surface area contributed by atoms with Crippen molar-refractivity contribution in [1.29, 1.82) is 0 Å². The number of nitrogens with one attached hydrogen (secondary N) is 2. The van der Waals surface area contributed by atoms with Crippen molar-refractivity contribution in [3.8, 4) is 0 Å². The molecule has 0 aliphatic carbocycles. The molecule has 5 heteroatoms. The summed E-state index contributed by atoms with van der Waals surface area (Å²) in [5.74, 6) is -0.274. The van der Waals surface area contributed by atoms with Crippen LogP contribution in [0.2, 0.25) is 0 Å². The molecule has 1 heterocycles. The monoisotopic (exact) mass is 437 g/mol. The van der Waals surface area contributed by atoms with Gasteiger partial charge >= 0.3 is 5.97 Å². The van der Waals surface area contributed by atoms with Crippen LogP contribution in [-0.2, 0) is 4.74 Å². The summed E-state index contributed by atoms with van der Waals surface area (Å²) in [6.45, 7) is 14.1. The van der Waals surface area contributed by atoms with E-state index in [0.717, 1.165) is 49.3 Å². The van der Waals surface area contributed by atoms with E-state index in [9.17, 15) is 4.79 Å². The molecule has 4 atom stereocenters. The van der Waals surface area contributed by atoms with Gasteiger partial charge in [-0.15, -0.1) is 0 Å². The third-order valence-corrected chi connectivity index (χ3v) is 6.50. The molecule has 3 rings (SSSR count). The lowest BCUT2D eigenvalue weighted by Crippen LogP contribution is -2.50. The van der Waals surface area contributed by atoms with E-state index in [0.29, 0.717) is 11.6 Å². The molecule has 174 valence electrons. The van der Waals surface area contributed by atoms with Crippen molar-refractivity contribution >= 4 is 11.7 Å². The zero-order valence-electron chi connectivity index (χ0n) is 20.2. The predicted molar refractivity (Wildman–Crippen MR) is 132 cm³/mol. The highest BCUT2D eigenvalue weighted by Crippen LogP contribution is 2.35. The maximum Gasteiger partial charge on any atom is 0.338 e. The number of aryl methyl sites for hydroxylation is 1. The molecule has 1 unspecified atom stereocenters. The molecule has 1 aliphatic heterocycles. The fraction of sp³-hybridized carbons (Fsp3) is 0.519. The van der Waals surface area contributed by atoms with E-state index in [-0.39, 0.29) is 24.2 Å². The number of fused-ring (bicyclic) bond motifs is 1. The lowest BCUT2D eigenvalue weighted by atomic mass is 9.89. The van der Waals surface area contributed by atoms with Crippen LogP contribution in [0.4, 0.5) is 5.69 Å². The number of anilines is 1. The molecule has 32 heavy (non-hydrogen) atoms. The Balaban J connectivity index is 1.73. The van der Waals surface area contributed by atoms with Crippen LogP contribution in [-0.4, -0.2) is 48.7 Å². The van der Waals surface area contributed by atoms with E-state index in [4.69, 9.17) is 4.74 Å². The van der Waals surface area contributed by atoms with Crippen molar-refractivity contribution in [2.45, 2.75) is 71.7 Å². The second kappa shape index (κ2) is 11.5. The summed E-state index contributed by atoms with van der Waals surface area (Å²) < 4.78 is 6.11. The van der Waals surface area contributed by atoms with Crippen molar-refractivity contribution < 1.29 is 9.53 Å². The minimum Gasteiger partial charge on any atom is -0.455 e. The topological polar surface area (TPSA) is 53.6 Å². The molecule has 0 radical (unpaired) electrons. The Bertz CT molecular complexity index is 863. The SMILES string of the molecule is CCN(CC)CCCC(C)N[C@@H]1c2ccccc2N[C@H](C)[C@H]1OC(=O)c1ccc(C)cc1. The molecular formula is C27H39N3O2. The molecule has 1 aliphatic rings. The molecule has 5 nitrogen and oxygen atoms in total. The first-order valence-corrected chi connectivity index (χ1v) is 12.0. The summed E-state index contributed by atoms with van der Waals surface area (Å²) in [6, 6.07) is 16.1. The predicted octanol–water partition coefficient (Wildman–Crippen LogP) is 5.18. The Morgan fingerprint density at radius 1 is 1.12 bits per heavy atom. The number of carbonyl (C=O) groups excluding carboxylic acids is 1. The number of benzene rings is 2. The fourth-order valence-electron chi connectivity index (χ4n) is 4.48. The van der Waals surface area contributed by atoms with Gasteiger partial charge in [0, 0.05) is 11.7 Å². The Kier molecular flexibility index (Phi) is 8.71. The van der Waals surface area contributed by atoms with Gasteiger partial charge in [0.15, 0.2) is 0 Å². The average Bonchev–Trinajstić information content (AvgIpc) is 2.79. The van der Waals surface area contributed by atoms with Crippen LogP contribution in [0.15, 0.2) is 48.5 Å².